The lowest BCUT2D eigenvalue weighted by molar-refractivity contribution is -0.135. The Labute approximate surface area is 181 Å². The summed E-state index contributed by atoms with van der Waals surface area (Å²) in [6.07, 6.45) is -0.899. The van der Waals surface area contributed by atoms with E-state index in [9.17, 15) is 9.59 Å². The van der Waals surface area contributed by atoms with E-state index in [0.717, 1.165) is 23.1 Å². The van der Waals surface area contributed by atoms with Crippen LogP contribution in [0.15, 0.2) is 53.7 Å². The summed E-state index contributed by atoms with van der Waals surface area (Å²) in [7, 11) is 1.60. The molecule has 2 aromatic carbocycles. The van der Waals surface area contributed by atoms with Gasteiger partial charge in [0.1, 0.15) is 12.4 Å². The van der Waals surface area contributed by atoms with Gasteiger partial charge in [0.2, 0.25) is 17.2 Å². The zero-order valence-electron chi connectivity index (χ0n) is 16.6. The number of fused-ring (bicyclic) bond motifs is 1. The highest BCUT2D eigenvalue weighted by Gasteiger charge is 2.28. The molecule has 0 saturated heterocycles. The van der Waals surface area contributed by atoms with E-state index in [-0.39, 0.29) is 12.4 Å². The number of methoxy groups -OCH3 is 1. The number of hydrogen-bond donors (Lipinski definition) is 1. The monoisotopic (exact) mass is 441 g/mol. The molecule has 1 aliphatic heterocycles. The molecule has 2 amide bonds. The zero-order chi connectivity index (χ0) is 21.6. The lowest BCUT2D eigenvalue weighted by Crippen LogP contribution is -2.46. The Balaban J connectivity index is 1.28. The van der Waals surface area contributed by atoms with Crippen LogP contribution >= 0.6 is 11.8 Å². The molecule has 2 heterocycles. The van der Waals surface area contributed by atoms with Gasteiger partial charge in [0.15, 0.2) is 11.5 Å². The van der Waals surface area contributed by atoms with Gasteiger partial charge >= 0.3 is 0 Å². The van der Waals surface area contributed by atoms with Crippen molar-refractivity contribution in [3.05, 3.63) is 54.1 Å². The fourth-order valence-electron chi connectivity index (χ4n) is 2.84. The minimum absolute atomic E-state index is 0.0289. The summed E-state index contributed by atoms with van der Waals surface area (Å²) >= 11 is 1.13. The standard InChI is InChI=1S/C20H19N5O5S/c1-28-14-8-6-13(7-9-14)10-25-20(22-23-24-25)31-12-18(26)21-19(27)17-11-29-15-4-2-3-5-16(15)30-17/h2-9,17H,10-12H2,1H3,(H,21,26,27)/t17-/m0/s1. The maximum Gasteiger partial charge on any atom is 0.271 e. The van der Waals surface area contributed by atoms with Crippen molar-refractivity contribution in [2.75, 3.05) is 19.5 Å². The van der Waals surface area contributed by atoms with Gasteiger partial charge in [-0.1, -0.05) is 36.0 Å². The van der Waals surface area contributed by atoms with Crippen molar-refractivity contribution >= 4 is 23.6 Å². The summed E-state index contributed by atoms with van der Waals surface area (Å²) in [6, 6.07) is 14.6. The normalized spacial score (nSPS) is 14.7. The Morgan fingerprint density at radius 3 is 2.74 bits per heavy atom. The molecule has 0 saturated carbocycles. The molecule has 1 atom stereocenters. The second kappa shape index (κ2) is 9.47. The van der Waals surface area contributed by atoms with Crippen molar-refractivity contribution in [1.29, 1.82) is 0 Å². The maximum atomic E-state index is 12.3. The summed E-state index contributed by atoms with van der Waals surface area (Å²) in [5, 5.41) is 14.4. The van der Waals surface area contributed by atoms with Crippen molar-refractivity contribution in [2.24, 2.45) is 0 Å². The number of imide groups is 1. The number of nitrogens with zero attached hydrogens (tertiary/aromatic N) is 4. The van der Waals surface area contributed by atoms with E-state index in [2.05, 4.69) is 20.8 Å². The van der Waals surface area contributed by atoms with E-state index in [0.29, 0.717) is 23.2 Å². The van der Waals surface area contributed by atoms with E-state index in [1.165, 1.54) is 0 Å². The zero-order valence-corrected chi connectivity index (χ0v) is 17.4. The van der Waals surface area contributed by atoms with Crippen LogP contribution in [0, 0.1) is 0 Å². The largest absolute Gasteiger partial charge is 0.497 e. The molecular formula is C20H19N5O5S. The Hall–Kier alpha value is -3.60. The number of carbonyl (C=O) groups is 2. The first kappa shape index (κ1) is 20.7. The molecule has 3 aromatic rings. The van der Waals surface area contributed by atoms with Gasteiger partial charge < -0.3 is 14.2 Å². The Kier molecular flexibility index (Phi) is 6.32. The fraction of sp³-hybridized carbons (Fsp3) is 0.250. The summed E-state index contributed by atoms with van der Waals surface area (Å²) < 4.78 is 17.8. The Morgan fingerprint density at radius 1 is 1.19 bits per heavy atom. The average Bonchev–Trinajstić information content (AvgIpc) is 3.24. The van der Waals surface area contributed by atoms with Crippen LogP contribution in [0.1, 0.15) is 5.56 Å². The molecule has 10 nitrogen and oxygen atoms in total. The molecule has 4 rings (SSSR count). The molecule has 31 heavy (non-hydrogen) atoms. The average molecular weight is 441 g/mol. The second-order valence-corrected chi connectivity index (χ2v) is 7.48. The van der Waals surface area contributed by atoms with E-state index in [1.807, 2.05) is 30.3 Å². The number of thioether (sulfide) groups is 1. The van der Waals surface area contributed by atoms with Gasteiger partial charge in [-0.15, -0.1) is 5.10 Å². The molecule has 1 aliphatic rings. The topological polar surface area (TPSA) is 117 Å². The van der Waals surface area contributed by atoms with E-state index < -0.39 is 17.9 Å². The maximum absolute atomic E-state index is 12.3. The summed E-state index contributed by atoms with van der Waals surface area (Å²) in [6.45, 7) is 0.468. The molecule has 160 valence electrons. The minimum Gasteiger partial charge on any atom is -0.497 e. The molecule has 0 radical (unpaired) electrons. The van der Waals surface area contributed by atoms with Gasteiger partial charge in [0, 0.05) is 0 Å². The highest BCUT2D eigenvalue weighted by Crippen LogP contribution is 2.30. The van der Waals surface area contributed by atoms with Gasteiger partial charge in [0.25, 0.3) is 5.91 Å². The predicted octanol–water partition coefficient (Wildman–Crippen LogP) is 1.30. The van der Waals surface area contributed by atoms with Gasteiger partial charge in [-0.05, 0) is 40.3 Å². The summed E-state index contributed by atoms with van der Waals surface area (Å²) in [4.78, 5) is 24.6. The number of carbonyl (C=O) groups excluding carboxylic acids is 2. The number of rotatable bonds is 7. The number of aromatic nitrogens is 4. The van der Waals surface area contributed by atoms with Crippen molar-refractivity contribution in [3.8, 4) is 17.2 Å². The third kappa shape index (κ3) is 5.12. The van der Waals surface area contributed by atoms with E-state index >= 15 is 0 Å². The van der Waals surface area contributed by atoms with Crippen LogP contribution < -0.4 is 19.5 Å². The van der Waals surface area contributed by atoms with Gasteiger partial charge in [-0.3, -0.25) is 14.9 Å². The molecule has 0 unspecified atom stereocenters. The number of tetrazole rings is 1. The molecule has 0 bridgehead atoms. The van der Waals surface area contributed by atoms with Crippen LogP contribution in [0.4, 0.5) is 0 Å². The van der Waals surface area contributed by atoms with Crippen LogP contribution in [0.5, 0.6) is 17.2 Å². The van der Waals surface area contributed by atoms with Crippen molar-refractivity contribution in [2.45, 2.75) is 17.8 Å². The number of para-hydroxylation sites is 2. The fourth-order valence-corrected chi connectivity index (χ4v) is 3.51. The number of nitrogens with one attached hydrogen (secondary N) is 1. The van der Waals surface area contributed by atoms with Crippen molar-refractivity contribution in [3.63, 3.8) is 0 Å². The SMILES string of the molecule is COc1ccc(Cn2nnnc2SCC(=O)NC(=O)[C@@H]2COc3ccccc3O2)cc1. The first-order valence-corrected chi connectivity index (χ1v) is 10.3. The van der Waals surface area contributed by atoms with Gasteiger partial charge in [-0.2, -0.15) is 0 Å². The van der Waals surface area contributed by atoms with E-state index in [1.54, 1.807) is 30.0 Å². The van der Waals surface area contributed by atoms with Gasteiger partial charge in [0.05, 0.1) is 19.4 Å². The van der Waals surface area contributed by atoms with Crippen molar-refractivity contribution in [1.82, 2.24) is 25.5 Å². The number of benzene rings is 2. The first-order chi connectivity index (χ1) is 15.1. The van der Waals surface area contributed by atoms with Crippen LogP contribution in [0.3, 0.4) is 0 Å². The summed E-state index contributed by atoms with van der Waals surface area (Å²) in [5.74, 6) is 0.728. The van der Waals surface area contributed by atoms with Crippen LogP contribution in [0.2, 0.25) is 0 Å². The highest BCUT2D eigenvalue weighted by atomic mass is 32.2. The first-order valence-electron chi connectivity index (χ1n) is 9.36. The third-order valence-corrected chi connectivity index (χ3v) is 5.34. The lowest BCUT2D eigenvalue weighted by Gasteiger charge is -2.25. The van der Waals surface area contributed by atoms with Crippen LogP contribution in [-0.4, -0.2) is 57.6 Å². The van der Waals surface area contributed by atoms with Gasteiger partial charge in [-0.25, -0.2) is 4.68 Å². The molecule has 0 spiro atoms. The second-order valence-electron chi connectivity index (χ2n) is 6.53. The number of ether oxygens (including phenoxy) is 3. The Morgan fingerprint density at radius 2 is 1.97 bits per heavy atom. The molecule has 11 heteroatoms. The predicted molar refractivity (Wildman–Crippen MR) is 110 cm³/mol. The number of amides is 2. The third-order valence-electron chi connectivity index (χ3n) is 4.39. The van der Waals surface area contributed by atoms with Crippen molar-refractivity contribution < 1.29 is 23.8 Å². The molecule has 1 N–H and O–H groups in total. The molecule has 0 fully saturated rings. The number of hydrogen-bond acceptors (Lipinski definition) is 9. The van der Waals surface area contributed by atoms with Crippen LogP contribution in [-0.2, 0) is 16.1 Å². The summed E-state index contributed by atoms with van der Waals surface area (Å²) in [5.41, 5.74) is 0.976. The minimum atomic E-state index is -0.899. The molecule has 1 aromatic heterocycles. The quantitative estimate of drug-likeness (QED) is 0.541. The molecule has 0 aliphatic carbocycles. The lowest BCUT2D eigenvalue weighted by atomic mass is 10.2. The van der Waals surface area contributed by atoms with E-state index in [4.69, 9.17) is 14.2 Å². The smallest absolute Gasteiger partial charge is 0.271 e. The van der Waals surface area contributed by atoms with Crippen LogP contribution in [0.25, 0.3) is 0 Å². The Bertz CT molecular complexity index is 1070. The highest BCUT2D eigenvalue weighted by molar-refractivity contribution is 7.99. The molecular weight excluding hydrogens is 422 g/mol.